The van der Waals surface area contributed by atoms with Crippen molar-refractivity contribution in [3.8, 4) is 0 Å². The molecule has 0 rings (SSSR count). The van der Waals surface area contributed by atoms with Gasteiger partial charge in [-0.3, -0.25) is 4.79 Å². The topological polar surface area (TPSA) is 53.2 Å². The molecular weight excluding hydrogens is 226 g/mol. The van der Waals surface area contributed by atoms with E-state index in [0.717, 1.165) is 26.2 Å². The minimum absolute atomic E-state index is 0.0848. The van der Waals surface area contributed by atoms with Crippen molar-refractivity contribution in [3.05, 3.63) is 0 Å². The van der Waals surface area contributed by atoms with Gasteiger partial charge in [0, 0.05) is 19.0 Å². The van der Waals surface area contributed by atoms with Crippen molar-refractivity contribution in [1.82, 2.24) is 16.0 Å². The lowest BCUT2D eigenvalue weighted by Gasteiger charge is -2.08. The van der Waals surface area contributed by atoms with Gasteiger partial charge in [-0.2, -0.15) is 0 Å². The minimum Gasteiger partial charge on any atom is -0.355 e. The van der Waals surface area contributed by atoms with Crippen LogP contribution >= 0.6 is 0 Å². The number of carbonyl (C=O) groups is 1. The molecule has 3 N–H and O–H groups in total. The fourth-order valence-electron chi connectivity index (χ4n) is 1.33. The SMILES string of the molecule is CC.CNCCCCCNCCNC(=O)C(C)C. The molecule has 0 radical (unpaired) electrons. The summed E-state index contributed by atoms with van der Waals surface area (Å²) in [7, 11) is 1.98. The normalized spacial score (nSPS) is 9.89. The maximum Gasteiger partial charge on any atom is 0.222 e. The minimum atomic E-state index is 0.0848. The predicted octanol–water partition coefficient (Wildman–Crippen LogP) is 1.76. The van der Waals surface area contributed by atoms with Gasteiger partial charge in [-0.25, -0.2) is 0 Å². The fraction of sp³-hybridized carbons (Fsp3) is 0.929. The Hall–Kier alpha value is -0.610. The molecule has 110 valence electrons. The van der Waals surface area contributed by atoms with Crippen molar-refractivity contribution >= 4 is 5.91 Å². The molecule has 0 bridgehead atoms. The summed E-state index contributed by atoms with van der Waals surface area (Å²) < 4.78 is 0. The maximum atomic E-state index is 11.2. The Morgan fingerprint density at radius 3 is 2.11 bits per heavy atom. The second kappa shape index (κ2) is 16.4. The molecule has 0 aromatic carbocycles. The molecule has 0 atom stereocenters. The number of hydrogen-bond donors (Lipinski definition) is 3. The highest BCUT2D eigenvalue weighted by molar-refractivity contribution is 5.77. The van der Waals surface area contributed by atoms with Crippen LogP contribution in [0.3, 0.4) is 0 Å². The standard InChI is InChI=1S/C12H27N3O.C2H6/c1-11(2)12(16)15-10-9-14-8-6-4-5-7-13-3;1-2/h11,13-14H,4-10H2,1-3H3,(H,15,16);1-2H3. The van der Waals surface area contributed by atoms with Crippen molar-refractivity contribution in [1.29, 1.82) is 0 Å². The van der Waals surface area contributed by atoms with Crippen molar-refractivity contribution < 1.29 is 4.79 Å². The predicted molar refractivity (Wildman–Crippen MR) is 79.8 cm³/mol. The summed E-state index contributed by atoms with van der Waals surface area (Å²) in [6.45, 7) is 11.6. The average molecular weight is 259 g/mol. The summed E-state index contributed by atoms with van der Waals surface area (Å²) in [6, 6.07) is 0. The lowest BCUT2D eigenvalue weighted by Crippen LogP contribution is -2.34. The third-order valence-corrected chi connectivity index (χ3v) is 2.41. The first-order chi connectivity index (χ1) is 8.68. The van der Waals surface area contributed by atoms with E-state index in [1.165, 1.54) is 19.3 Å². The van der Waals surface area contributed by atoms with Crippen LogP contribution in [-0.2, 0) is 4.79 Å². The Kier molecular flexibility index (Phi) is 18.0. The van der Waals surface area contributed by atoms with Gasteiger partial charge in [-0.05, 0) is 33.0 Å². The highest BCUT2D eigenvalue weighted by Gasteiger charge is 2.04. The molecule has 0 aromatic heterocycles. The maximum absolute atomic E-state index is 11.2. The van der Waals surface area contributed by atoms with Crippen LogP contribution in [-0.4, -0.2) is 39.1 Å². The number of nitrogens with one attached hydrogen (secondary N) is 3. The summed E-state index contributed by atoms with van der Waals surface area (Å²) in [4.78, 5) is 11.2. The summed E-state index contributed by atoms with van der Waals surface area (Å²) in [5.74, 6) is 0.220. The zero-order chi connectivity index (χ0) is 14.2. The first kappa shape index (κ1) is 19.7. The summed E-state index contributed by atoms with van der Waals surface area (Å²) >= 11 is 0. The Bertz CT molecular complexity index is 172. The van der Waals surface area contributed by atoms with E-state index < -0.39 is 0 Å². The Morgan fingerprint density at radius 1 is 0.944 bits per heavy atom. The molecule has 4 nitrogen and oxygen atoms in total. The molecule has 0 aliphatic rings. The zero-order valence-corrected chi connectivity index (χ0v) is 12.9. The van der Waals surface area contributed by atoms with E-state index in [1.807, 2.05) is 34.7 Å². The van der Waals surface area contributed by atoms with Crippen LogP contribution in [0.15, 0.2) is 0 Å². The largest absolute Gasteiger partial charge is 0.355 e. The zero-order valence-electron chi connectivity index (χ0n) is 12.9. The van der Waals surface area contributed by atoms with Gasteiger partial charge in [0.25, 0.3) is 0 Å². The van der Waals surface area contributed by atoms with Gasteiger partial charge in [-0.1, -0.05) is 34.1 Å². The molecule has 0 saturated heterocycles. The Labute approximate surface area is 113 Å². The highest BCUT2D eigenvalue weighted by atomic mass is 16.1. The lowest BCUT2D eigenvalue weighted by molar-refractivity contribution is -0.123. The van der Waals surface area contributed by atoms with E-state index in [4.69, 9.17) is 0 Å². The molecule has 0 saturated carbocycles. The van der Waals surface area contributed by atoms with Gasteiger partial charge in [-0.15, -0.1) is 0 Å². The second-order valence-electron chi connectivity index (χ2n) is 4.36. The molecule has 0 fully saturated rings. The van der Waals surface area contributed by atoms with Crippen molar-refractivity contribution in [3.63, 3.8) is 0 Å². The highest BCUT2D eigenvalue weighted by Crippen LogP contribution is 1.91. The molecule has 18 heavy (non-hydrogen) atoms. The van der Waals surface area contributed by atoms with Gasteiger partial charge in [0.05, 0.1) is 0 Å². The summed E-state index contributed by atoms with van der Waals surface area (Å²) in [6.07, 6.45) is 3.70. The van der Waals surface area contributed by atoms with E-state index in [0.29, 0.717) is 0 Å². The molecular formula is C14H33N3O. The molecule has 4 heteroatoms. The van der Waals surface area contributed by atoms with Gasteiger partial charge in [0.15, 0.2) is 0 Å². The molecule has 0 aliphatic heterocycles. The molecule has 0 heterocycles. The summed E-state index contributed by atoms with van der Waals surface area (Å²) in [5.41, 5.74) is 0. The van der Waals surface area contributed by atoms with E-state index in [-0.39, 0.29) is 11.8 Å². The van der Waals surface area contributed by atoms with Crippen LogP contribution in [0.5, 0.6) is 0 Å². The Balaban J connectivity index is 0. The fourth-order valence-corrected chi connectivity index (χ4v) is 1.33. The van der Waals surface area contributed by atoms with Crippen LogP contribution in [0.4, 0.5) is 0 Å². The third kappa shape index (κ3) is 15.4. The second-order valence-corrected chi connectivity index (χ2v) is 4.36. The average Bonchev–Trinajstić information content (AvgIpc) is 2.38. The first-order valence-corrected chi connectivity index (χ1v) is 7.31. The van der Waals surface area contributed by atoms with Crippen LogP contribution in [0.1, 0.15) is 47.0 Å². The number of carbonyl (C=O) groups excluding carboxylic acids is 1. The number of hydrogen-bond acceptors (Lipinski definition) is 3. The van der Waals surface area contributed by atoms with Crippen LogP contribution in [0.2, 0.25) is 0 Å². The van der Waals surface area contributed by atoms with Gasteiger partial charge in [0.2, 0.25) is 5.91 Å². The third-order valence-electron chi connectivity index (χ3n) is 2.41. The van der Waals surface area contributed by atoms with E-state index in [2.05, 4.69) is 16.0 Å². The lowest BCUT2D eigenvalue weighted by atomic mass is 10.2. The van der Waals surface area contributed by atoms with E-state index in [9.17, 15) is 4.79 Å². The number of amides is 1. The van der Waals surface area contributed by atoms with Crippen molar-refractivity contribution in [2.45, 2.75) is 47.0 Å². The van der Waals surface area contributed by atoms with Gasteiger partial charge in [0.1, 0.15) is 0 Å². The van der Waals surface area contributed by atoms with Crippen LogP contribution < -0.4 is 16.0 Å². The van der Waals surface area contributed by atoms with Gasteiger partial charge < -0.3 is 16.0 Å². The molecule has 0 unspecified atom stereocenters. The summed E-state index contributed by atoms with van der Waals surface area (Å²) in [5, 5.41) is 9.34. The van der Waals surface area contributed by atoms with Crippen LogP contribution in [0, 0.1) is 5.92 Å². The van der Waals surface area contributed by atoms with E-state index >= 15 is 0 Å². The van der Waals surface area contributed by atoms with Crippen molar-refractivity contribution in [2.24, 2.45) is 5.92 Å². The smallest absolute Gasteiger partial charge is 0.222 e. The van der Waals surface area contributed by atoms with Crippen LogP contribution in [0.25, 0.3) is 0 Å². The number of rotatable bonds is 10. The number of unbranched alkanes of at least 4 members (excludes halogenated alkanes) is 2. The van der Waals surface area contributed by atoms with E-state index in [1.54, 1.807) is 0 Å². The first-order valence-electron chi connectivity index (χ1n) is 7.31. The monoisotopic (exact) mass is 259 g/mol. The molecule has 0 spiro atoms. The molecule has 0 aliphatic carbocycles. The van der Waals surface area contributed by atoms with Crippen molar-refractivity contribution in [2.75, 3.05) is 33.2 Å². The van der Waals surface area contributed by atoms with Gasteiger partial charge >= 0.3 is 0 Å². The Morgan fingerprint density at radius 2 is 1.56 bits per heavy atom. The quantitative estimate of drug-likeness (QED) is 0.524. The molecule has 1 amide bonds. The molecule has 0 aromatic rings.